The number of aryl methyl sites for hydroxylation is 2. The van der Waals surface area contributed by atoms with Crippen LogP contribution in [0.5, 0.6) is 0 Å². The minimum atomic E-state index is 0.992. The highest BCUT2D eigenvalue weighted by Gasteiger charge is 2.26. The summed E-state index contributed by atoms with van der Waals surface area (Å²) in [5, 5.41) is 1.33. The van der Waals surface area contributed by atoms with Gasteiger partial charge in [-0.15, -0.1) is 0 Å². The standard InChI is InChI=1S/C16H15N2/c1-11-7-13-8-15-14-6-4-3-5-12(14)9-18(15)10-16(13)17(11)2/h3-8,10H,9H2,1-2H3/q+1. The van der Waals surface area contributed by atoms with Crippen LogP contribution in [-0.2, 0) is 13.6 Å². The number of aromatic nitrogens is 2. The van der Waals surface area contributed by atoms with Gasteiger partial charge in [0.2, 0.25) is 5.69 Å². The Morgan fingerprint density at radius 3 is 2.89 bits per heavy atom. The van der Waals surface area contributed by atoms with E-state index in [1.165, 1.54) is 33.4 Å². The molecule has 0 amide bonds. The molecule has 0 unspecified atom stereocenters. The highest BCUT2D eigenvalue weighted by Crippen LogP contribution is 2.29. The molecule has 18 heavy (non-hydrogen) atoms. The van der Waals surface area contributed by atoms with Gasteiger partial charge in [-0.25, -0.2) is 0 Å². The van der Waals surface area contributed by atoms with Gasteiger partial charge in [-0.05, 0) is 19.1 Å². The molecular weight excluding hydrogens is 220 g/mol. The van der Waals surface area contributed by atoms with E-state index in [1.807, 2.05) is 0 Å². The van der Waals surface area contributed by atoms with E-state index in [0.717, 1.165) is 6.54 Å². The smallest absolute Gasteiger partial charge is 0.214 e. The number of hydrogen-bond donors (Lipinski definition) is 0. The maximum atomic E-state index is 2.35. The van der Waals surface area contributed by atoms with Crippen molar-refractivity contribution >= 4 is 10.9 Å². The van der Waals surface area contributed by atoms with Crippen LogP contribution in [0.15, 0.2) is 42.6 Å². The average molecular weight is 235 g/mol. The molecule has 0 saturated heterocycles. The van der Waals surface area contributed by atoms with Gasteiger partial charge >= 0.3 is 0 Å². The summed E-state index contributed by atoms with van der Waals surface area (Å²) in [6, 6.07) is 13.3. The van der Waals surface area contributed by atoms with E-state index in [0.29, 0.717) is 0 Å². The summed E-state index contributed by atoms with van der Waals surface area (Å²) in [6.45, 7) is 3.15. The zero-order valence-corrected chi connectivity index (χ0v) is 10.6. The third kappa shape index (κ3) is 1.15. The number of benzene rings is 1. The third-order valence-electron chi connectivity index (χ3n) is 4.06. The molecule has 2 nitrogen and oxygen atoms in total. The lowest BCUT2D eigenvalue weighted by Gasteiger charge is -1.98. The van der Waals surface area contributed by atoms with Crippen LogP contribution in [0.2, 0.25) is 0 Å². The first-order chi connectivity index (χ1) is 8.74. The van der Waals surface area contributed by atoms with Crippen LogP contribution in [0, 0.1) is 6.92 Å². The number of rotatable bonds is 0. The lowest BCUT2D eigenvalue weighted by molar-refractivity contribution is -0.670. The van der Waals surface area contributed by atoms with Gasteiger partial charge in [-0.1, -0.05) is 18.2 Å². The highest BCUT2D eigenvalue weighted by molar-refractivity contribution is 5.83. The molecule has 0 fully saturated rings. The Balaban J connectivity index is 2.07. The number of hydrogen-bond acceptors (Lipinski definition) is 0. The lowest BCUT2D eigenvalue weighted by Crippen LogP contribution is -2.31. The maximum Gasteiger partial charge on any atom is 0.214 e. The predicted molar refractivity (Wildman–Crippen MR) is 72.4 cm³/mol. The summed E-state index contributed by atoms with van der Waals surface area (Å²) in [4.78, 5) is 0. The van der Waals surface area contributed by atoms with Crippen molar-refractivity contribution in [1.29, 1.82) is 0 Å². The fourth-order valence-electron chi connectivity index (χ4n) is 2.96. The van der Waals surface area contributed by atoms with E-state index in [1.54, 1.807) is 0 Å². The number of pyridine rings is 1. The van der Waals surface area contributed by atoms with Crippen LogP contribution in [0.1, 0.15) is 11.3 Å². The van der Waals surface area contributed by atoms with Crippen molar-refractivity contribution in [3.63, 3.8) is 0 Å². The first kappa shape index (κ1) is 9.89. The van der Waals surface area contributed by atoms with Crippen LogP contribution in [0.25, 0.3) is 22.2 Å². The minimum absolute atomic E-state index is 0.992. The highest BCUT2D eigenvalue weighted by atomic mass is 15.0. The Morgan fingerprint density at radius 1 is 1.17 bits per heavy atom. The monoisotopic (exact) mass is 235 g/mol. The second-order valence-electron chi connectivity index (χ2n) is 5.13. The molecule has 0 saturated carbocycles. The van der Waals surface area contributed by atoms with Crippen molar-refractivity contribution in [2.24, 2.45) is 7.05 Å². The molecule has 3 aromatic rings. The zero-order chi connectivity index (χ0) is 12.3. The van der Waals surface area contributed by atoms with Crippen molar-refractivity contribution in [3.05, 3.63) is 53.9 Å². The van der Waals surface area contributed by atoms with Gasteiger partial charge in [-0.2, -0.15) is 4.57 Å². The minimum Gasteiger partial charge on any atom is -0.343 e. The summed E-state index contributed by atoms with van der Waals surface area (Å²) in [6.07, 6.45) is 2.28. The molecular formula is C16H15N2+. The molecule has 0 bridgehead atoms. The molecule has 0 aliphatic carbocycles. The normalized spacial score (nSPS) is 12.8. The van der Waals surface area contributed by atoms with Crippen LogP contribution < -0.4 is 4.57 Å². The molecule has 88 valence electrons. The zero-order valence-electron chi connectivity index (χ0n) is 10.6. The summed E-state index contributed by atoms with van der Waals surface area (Å²) in [7, 11) is 2.13. The molecule has 1 aliphatic rings. The van der Waals surface area contributed by atoms with Gasteiger partial charge in [-0.3, -0.25) is 0 Å². The van der Waals surface area contributed by atoms with Crippen molar-refractivity contribution in [1.82, 2.24) is 4.57 Å². The molecule has 0 spiro atoms. The van der Waals surface area contributed by atoms with E-state index in [9.17, 15) is 0 Å². The molecule has 2 aromatic heterocycles. The van der Waals surface area contributed by atoms with E-state index in [-0.39, 0.29) is 0 Å². The Morgan fingerprint density at radius 2 is 2.00 bits per heavy atom. The lowest BCUT2D eigenvalue weighted by atomic mass is 10.1. The van der Waals surface area contributed by atoms with Crippen molar-refractivity contribution in [2.75, 3.05) is 0 Å². The third-order valence-corrected chi connectivity index (χ3v) is 4.06. The Labute approximate surface area is 106 Å². The molecule has 1 aromatic carbocycles. The van der Waals surface area contributed by atoms with Gasteiger partial charge in [0.05, 0.1) is 5.56 Å². The van der Waals surface area contributed by atoms with E-state index in [2.05, 4.69) is 65.7 Å². The van der Waals surface area contributed by atoms with Crippen LogP contribution in [0.3, 0.4) is 0 Å². The molecule has 4 rings (SSSR count). The van der Waals surface area contributed by atoms with E-state index >= 15 is 0 Å². The Hall–Kier alpha value is -2.09. The average Bonchev–Trinajstić information content (AvgIpc) is 2.87. The van der Waals surface area contributed by atoms with E-state index in [4.69, 9.17) is 0 Å². The molecule has 0 atom stereocenters. The summed E-state index contributed by atoms with van der Waals surface area (Å²) in [5.41, 5.74) is 6.75. The Kier molecular flexibility index (Phi) is 1.77. The number of fused-ring (bicyclic) bond motifs is 4. The molecule has 3 heterocycles. The topological polar surface area (TPSA) is 8.81 Å². The van der Waals surface area contributed by atoms with Gasteiger partial charge in [0, 0.05) is 29.8 Å². The SMILES string of the molecule is Cc1cc2cc3[n+](cc2n1C)Cc1ccccc1-3. The maximum absolute atomic E-state index is 2.35. The first-order valence-corrected chi connectivity index (χ1v) is 6.32. The largest absolute Gasteiger partial charge is 0.343 e. The quantitative estimate of drug-likeness (QED) is 0.414. The summed E-state index contributed by atoms with van der Waals surface area (Å²) in [5.74, 6) is 0. The van der Waals surface area contributed by atoms with Gasteiger partial charge < -0.3 is 4.57 Å². The number of nitrogens with zero attached hydrogens (tertiary/aromatic N) is 2. The summed E-state index contributed by atoms with van der Waals surface area (Å²) >= 11 is 0. The molecule has 2 heteroatoms. The molecule has 0 radical (unpaired) electrons. The summed E-state index contributed by atoms with van der Waals surface area (Å²) < 4.78 is 4.61. The van der Waals surface area contributed by atoms with Crippen molar-refractivity contribution in [3.8, 4) is 11.3 Å². The van der Waals surface area contributed by atoms with Crippen molar-refractivity contribution in [2.45, 2.75) is 13.5 Å². The first-order valence-electron chi connectivity index (χ1n) is 6.32. The predicted octanol–water partition coefficient (Wildman–Crippen LogP) is 2.80. The molecule has 0 N–H and O–H groups in total. The van der Waals surface area contributed by atoms with Crippen LogP contribution >= 0.6 is 0 Å². The second-order valence-corrected chi connectivity index (χ2v) is 5.13. The van der Waals surface area contributed by atoms with Gasteiger partial charge in [0.15, 0.2) is 12.7 Å². The van der Waals surface area contributed by atoms with Gasteiger partial charge in [0.1, 0.15) is 5.52 Å². The second kappa shape index (κ2) is 3.22. The fourth-order valence-corrected chi connectivity index (χ4v) is 2.96. The van der Waals surface area contributed by atoms with Crippen molar-refractivity contribution < 1.29 is 4.57 Å². The molecule has 1 aliphatic heterocycles. The van der Waals surface area contributed by atoms with E-state index < -0.39 is 0 Å². The van der Waals surface area contributed by atoms with Crippen LogP contribution in [-0.4, -0.2) is 4.57 Å². The Bertz CT molecular complexity index is 781. The van der Waals surface area contributed by atoms with Crippen LogP contribution in [0.4, 0.5) is 0 Å². The van der Waals surface area contributed by atoms with Gasteiger partial charge in [0.25, 0.3) is 0 Å². The fraction of sp³-hybridized carbons (Fsp3) is 0.188.